The first-order chi connectivity index (χ1) is 10.1. The first kappa shape index (κ1) is 14.8. The van der Waals surface area contributed by atoms with Gasteiger partial charge in [-0.15, -0.1) is 0 Å². The summed E-state index contributed by atoms with van der Waals surface area (Å²) in [5.41, 5.74) is 0.819. The highest BCUT2D eigenvalue weighted by molar-refractivity contribution is 6.22. The van der Waals surface area contributed by atoms with Crippen LogP contribution in [0.25, 0.3) is 6.08 Å². The van der Waals surface area contributed by atoms with Crippen LogP contribution in [0.4, 0.5) is 0 Å². The molecule has 0 fully saturated rings. The minimum absolute atomic E-state index is 0.161. The van der Waals surface area contributed by atoms with Crippen LogP contribution < -0.4 is 10.1 Å². The van der Waals surface area contributed by atoms with Crippen LogP contribution in [0.2, 0.25) is 0 Å². The van der Waals surface area contributed by atoms with E-state index in [1.165, 1.54) is 0 Å². The fraction of sp³-hybridized carbons (Fsp3) is 0.250. The normalized spacial score (nSPS) is 16.3. The number of ether oxygens (including phenoxy) is 1. The number of amides is 1. The number of aliphatic hydroxyl groups is 1. The summed E-state index contributed by atoms with van der Waals surface area (Å²) in [5.74, 6) is -0.526. The van der Waals surface area contributed by atoms with Gasteiger partial charge in [-0.1, -0.05) is 19.1 Å². The molecule has 2 N–H and O–H groups in total. The molecule has 1 aliphatic heterocycles. The fourth-order valence-electron chi connectivity index (χ4n) is 2.10. The van der Waals surface area contributed by atoms with Crippen molar-refractivity contribution in [3.8, 4) is 5.75 Å². The van der Waals surface area contributed by atoms with Crippen LogP contribution in [0, 0.1) is 0 Å². The molecular formula is C16H17NO4. The van der Waals surface area contributed by atoms with Gasteiger partial charge in [0.2, 0.25) is 0 Å². The molecule has 0 bridgehead atoms. The molecular weight excluding hydrogens is 270 g/mol. The Labute approximate surface area is 122 Å². The summed E-state index contributed by atoms with van der Waals surface area (Å²) in [4.78, 5) is 23.6. The molecule has 110 valence electrons. The molecule has 0 atom stereocenters. The Kier molecular flexibility index (Phi) is 4.42. The van der Waals surface area contributed by atoms with Crippen LogP contribution in [0.5, 0.6) is 5.75 Å². The molecule has 0 radical (unpaired) electrons. The van der Waals surface area contributed by atoms with Crippen molar-refractivity contribution < 1.29 is 19.4 Å². The predicted octanol–water partition coefficient (Wildman–Crippen LogP) is 2.35. The number of hydrogen-bond donors (Lipinski definition) is 2. The van der Waals surface area contributed by atoms with Crippen LogP contribution >= 0.6 is 0 Å². The van der Waals surface area contributed by atoms with Crippen molar-refractivity contribution in [2.45, 2.75) is 19.8 Å². The molecule has 1 aromatic carbocycles. The molecule has 1 heterocycles. The average molecular weight is 287 g/mol. The topological polar surface area (TPSA) is 75.6 Å². The number of carbonyl (C=O) groups is 2. The summed E-state index contributed by atoms with van der Waals surface area (Å²) in [5, 5.41) is 12.6. The fourth-order valence-corrected chi connectivity index (χ4v) is 2.10. The second-order valence-corrected chi connectivity index (χ2v) is 4.69. The van der Waals surface area contributed by atoms with Crippen molar-refractivity contribution in [2.24, 2.45) is 0 Å². The maximum Gasteiger partial charge on any atom is 0.263 e. The van der Waals surface area contributed by atoms with Crippen LogP contribution in [0.3, 0.4) is 0 Å². The zero-order valence-corrected chi connectivity index (χ0v) is 12.0. The molecule has 5 nitrogen and oxygen atoms in total. The van der Waals surface area contributed by atoms with Crippen molar-refractivity contribution in [2.75, 3.05) is 7.11 Å². The van der Waals surface area contributed by atoms with Crippen LogP contribution in [0.15, 0.2) is 41.3 Å². The van der Waals surface area contributed by atoms with Crippen molar-refractivity contribution in [1.29, 1.82) is 0 Å². The smallest absolute Gasteiger partial charge is 0.263 e. The molecule has 1 aliphatic rings. The molecule has 5 heteroatoms. The van der Waals surface area contributed by atoms with Gasteiger partial charge >= 0.3 is 0 Å². The molecule has 1 aromatic rings. The van der Waals surface area contributed by atoms with Crippen LogP contribution in [0.1, 0.15) is 25.3 Å². The number of carbonyl (C=O) groups excluding carboxylic acids is 2. The van der Waals surface area contributed by atoms with Gasteiger partial charge in [-0.05, 0) is 30.2 Å². The lowest BCUT2D eigenvalue weighted by molar-refractivity contribution is -0.121. The lowest BCUT2D eigenvalue weighted by atomic mass is 10.1. The summed E-state index contributed by atoms with van der Waals surface area (Å²) in [7, 11) is 1.56. The lowest BCUT2D eigenvalue weighted by Crippen LogP contribution is -2.20. The van der Waals surface area contributed by atoms with Gasteiger partial charge in [-0.25, -0.2) is 0 Å². The zero-order chi connectivity index (χ0) is 15.4. The number of nitrogens with one attached hydrogen (secondary N) is 1. The Bertz CT molecular complexity index is 643. The Morgan fingerprint density at radius 1 is 1.43 bits per heavy atom. The van der Waals surface area contributed by atoms with E-state index in [2.05, 4.69) is 5.32 Å². The van der Waals surface area contributed by atoms with Crippen LogP contribution in [-0.4, -0.2) is 23.9 Å². The third kappa shape index (κ3) is 3.13. The Morgan fingerprint density at radius 2 is 2.19 bits per heavy atom. The molecule has 2 rings (SSSR count). The second-order valence-electron chi connectivity index (χ2n) is 4.69. The molecule has 0 aliphatic carbocycles. The van der Waals surface area contributed by atoms with Gasteiger partial charge in [0.15, 0.2) is 11.5 Å². The summed E-state index contributed by atoms with van der Waals surface area (Å²) >= 11 is 0. The largest absolute Gasteiger partial charge is 0.505 e. The molecule has 0 spiro atoms. The Morgan fingerprint density at radius 3 is 2.86 bits per heavy atom. The summed E-state index contributed by atoms with van der Waals surface area (Å²) in [6.07, 6.45) is 2.46. The number of rotatable bonds is 5. The first-order valence-corrected chi connectivity index (χ1v) is 6.70. The van der Waals surface area contributed by atoms with Crippen molar-refractivity contribution in [3.05, 3.63) is 46.9 Å². The second kappa shape index (κ2) is 6.26. The van der Waals surface area contributed by atoms with E-state index in [0.29, 0.717) is 12.2 Å². The van der Waals surface area contributed by atoms with E-state index >= 15 is 0 Å². The Hall–Kier alpha value is -2.56. The third-order valence-electron chi connectivity index (χ3n) is 3.13. The molecule has 21 heavy (non-hydrogen) atoms. The van der Waals surface area contributed by atoms with E-state index in [9.17, 15) is 14.7 Å². The van der Waals surface area contributed by atoms with Gasteiger partial charge in [-0.3, -0.25) is 9.59 Å². The number of aliphatic hydroxyl groups excluding tert-OH is 1. The zero-order valence-electron chi connectivity index (χ0n) is 12.0. The maximum atomic E-state index is 11.8. The van der Waals surface area contributed by atoms with Gasteiger partial charge in [-0.2, -0.15) is 0 Å². The van der Waals surface area contributed by atoms with E-state index in [1.54, 1.807) is 37.5 Å². The standard InChI is InChI=1S/C16H17NO4/c1-3-5-13(18)14-15(19)12(17-16(14)20)9-10-6-4-7-11(8-10)21-2/h4,6-9,19H,3,5H2,1-2H3,(H,17,20)/b12-9+. The van der Waals surface area contributed by atoms with E-state index in [1.807, 2.05) is 6.92 Å². The summed E-state index contributed by atoms with van der Waals surface area (Å²) in [6.45, 7) is 1.84. The summed E-state index contributed by atoms with van der Waals surface area (Å²) < 4.78 is 5.11. The predicted molar refractivity (Wildman–Crippen MR) is 78.7 cm³/mol. The van der Waals surface area contributed by atoms with Gasteiger partial charge < -0.3 is 15.2 Å². The number of hydrogen-bond acceptors (Lipinski definition) is 4. The number of benzene rings is 1. The lowest BCUT2D eigenvalue weighted by Gasteiger charge is -2.02. The molecule has 0 saturated carbocycles. The van der Waals surface area contributed by atoms with Gasteiger partial charge in [0, 0.05) is 6.42 Å². The number of methoxy groups -OCH3 is 1. The molecule has 0 saturated heterocycles. The Balaban J connectivity index is 2.34. The van der Waals surface area contributed by atoms with E-state index < -0.39 is 5.91 Å². The third-order valence-corrected chi connectivity index (χ3v) is 3.13. The van der Waals surface area contributed by atoms with E-state index in [4.69, 9.17) is 4.74 Å². The van der Waals surface area contributed by atoms with Gasteiger partial charge in [0.1, 0.15) is 11.3 Å². The monoisotopic (exact) mass is 287 g/mol. The SMILES string of the molecule is CCCC(=O)C1=C(O)/C(=C\c2cccc(OC)c2)NC1=O. The van der Waals surface area contributed by atoms with Crippen molar-refractivity contribution in [1.82, 2.24) is 5.32 Å². The van der Waals surface area contributed by atoms with Crippen LogP contribution in [-0.2, 0) is 9.59 Å². The molecule has 1 amide bonds. The highest BCUT2D eigenvalue weighted by Gasteiger charge is 2.31. The van der Waals surface area contributed by atoms with E-state index in [-0.39, 0.29) is 29.2 Å². The highest BCUT2D eigenvalue weighted by atomic mass is 16.5. The van der Waals surface area contributed by atoms with Crippen molar-refractivity contribution in [3.63, 3.8) is 0 Å². The number of ketones is 1. The minimum Gasteiger partial charge on any atom is -0.505 e. The maximum absolute atomic E-state index is 11.8. The summed E-state index contributed by atoms with van der Waals surface area (Å²) in [6, 6.07) is 7.16. The van der Waals surface area contributed by atoms with Gasteiger partial charge in [0.05, 0.1) is 12.8 Å². The number of Topliss-reactive ketones (excluding diaryl/α,β-unsaturated/α-hetero) is 1. The van der Waals surface area contributed by atoms with Gasteiger partial charge in [0.25, 0.3) is 5.91 Å². The quantitative estimate of drug-likeness (QED) is 0.815. The van der Waals surface area contributed by atoms with Crippen molar-refractivity contribution >= 4 is 17.8 Å². The average Bonchev–Trinajstić information content (AvgIpc) is 2.74. The molecule has 0 unspecified atom stereocenters. The highest BCUT2D eigenvalue weighted by Crippen LogP contribution is 2.23. The minimum atomic E-state index is -0.555. The first-order valence-electron chi connectivity index (χ1n) is 6.70. The molecule has 0 aromatic heterocycles. The van der Waals surface area contributed by atoms with E-state index in [0.717, 1.165) is 5.56 Å².